The minimum atomic E-state index is -3.66. The number of para-hydroxylation sites is 2. The molecule has 32 heavy (non-hydrogen) atoms. The van der Waals surface area contributed by atoms with Crippen LogP contribution < -0.4 is 15.0 Å². The lowest BCUT2D eigenvalue weighted by Gasteiger charge is -2.47. The van der Waals surface area contributed by atoms with Gasteiger partial charge in [0, 0.05) is 12.6 Å². The predicted molar refractivity (Wildman–Crippen MR) is 124 cm³/mol. The number of amides is 2. The van der Waals surface area contributed by atoms with Gasteiger partial charge in [-0.3, -0.25) is 14.5 Å². The first kappa shape index (κ1) is 24.5. The molecule has 1 aromatic rings. The number of rotatable bonds is 7. The number of benzene rings is 1. The van der Waals surface area contributed by atoms with Crippen LogP contribution in [0.4, 0.5) is 5.69 Å². The first-order chi connectivity index (χ1) is 15.2. The van der Waals surface area contributed by atoms with Crippen molar-refractivity contribution >= 4 is 27.5 Å². The molecule has 1 saturated heterocycles. The quantitative estimate of drug-likeness (QED) is 0.625. The number of piperazine rings is 1. The Bertz CT molecular complexity index is 927. The lowest BCUT2D eigenvalue weighted by molar-refractivity contribution is -0.133. The van der Waals surface area contributed by atoms with Crippen LogP contribution in [0.3, 0.4) is 0 Å². The summed E-state index contributed by atoms with van der Waals surface area (Å²) in [6.45, 7) is 3.03. The number of nitrogens with one attached hydrogen (secondary N) is 1. The summed E-state index contributed by atoms with van der Waals surface area (Å²) >= 11 is 0. The van der Waals surface area contributed by atoms with E-state index < -0.39 is 21.5 Å². The Morgan fingerprint density at radius 3 is 2.47 bits per heavy atom. The number of hydrogen-bond donors (Lipinski definition) is 1. The fourth-order valence-corrected chi connectivity index (χ4v) is 6.23. The lowest BCUT2D eigenvalue weighted by atomic mass is 9.93. The molecule has 3 rings (SSSR count). The molecule has 1 N–H and O–H groups in total. The molecule has 1 heterocycles. The predicted octanol–water partition coefficient (Wildman–Crippen LogP) is 2.68. The molecule has 2 amide bonds. The van der Waals surface area contributed by atoms with Crippen molar-refractivity contribution in [3.63, 3.8) is 0 Å². The van der Waals surface area contributed by atoms with Crippen molar-refractivity contribution in [2.75, 3.05) is 30.9 Å². The first-order valence-electron chi connectivity index (χ1n) is 11.5. The Kier molecular flexibility index (Phi) is 7.82. The summed E-state index contributed by atoms with van der Waals surface area (Å²) in [5.74, 6) is -0.381. The van der Waals surface area contributed by atoms with E-state index in [2.05, 4.69) is 5.32 Å². The standard InChI is InChI=1S/C23H35N3O5S/c1-4-15-32(29,30)25-16-21(27)26(19-13-9-10-14-20(19)31-3)23(2,17-25)22(28)24-18-11-7-5-6-8-12-18/h9-10,13-14,18H,4-8,11-12,15-17H2,1-3H3,(H,24,28)/t23-/m0/s1. The van der Waals surface area contributed by atoms with Crippen LogP contribution in [0.5, 0.6) is 5.75 Å². The van der Waals surface area contributed by atoms with Crippen molar-refractivity contribution in [3.05, 3.63) is 24.3 Å². The Morgan fingerprint density at radius 1 is 1.19 bits per heavy atom. The summed E-state index contributed by atoms with van der Waals surface area (Å²) in [4.78, 5) is 28.5. The van der Waals surface area contributed by atoms with Crippen molar-refractivity contribution in [2.45, 2.75) is 70.4 Å². The average Bonchev–Trinajstić information content (AvgIpc) is 3.02. The Hall–Kier alpha value is -2.13. The molecule has 178 valence electrons. The molecule has 2 aliphatic rings. The van der Waals surface area contributed by atoms with Gasteiger partial charge in [-0.2, -0.15) is 4.31 Å². The number of nitrogens with zero attached hydrogens (tertiary/aromatic N) is 2. The number of methoxy groups -OCH3 is 1. The van der Waals surface area contributed by atoms with Crippen molar-refractivity contribution < 1.29 is 22.7 Å². The largest absolute Gasteiger partial charge is 0.495 e. The number of ether oxygens (including phenoxy) is 1. The molecule has 9 heteroatoms. The molecule has 0 spiro atoms. The van der Waals surface area contributed by atoms with E-state index in [1.54, 1.807) is 38.1 Å². The Balaban J connectivity index is 2.00. The van der Waals surface area contributed by atoms with Gasteiger partial charge in [0.15, 0.2) is 0 Å². The summed E-state index contributed by atoms with van der Waals surface area (Å²) in [5, 5.41) is 3.14. The maximum atomic E-state index is 13.7. The lowest BCUT2D eigenvalue weighted by Crippen LogP contribution is -2.71. The van der Waals surface area contributed by atoms with E-state index in [9.17, 15) is 18.0 Å². The van der Waals surface area contributed by atoms with Crippen molar-refractivity contribution in [3.8, 4) is 5.75 Å². The molecule has 1 saturated carbocycles. The van der Waals surface area contributed by atoms with Crippen LogP contribution in [-0.4, -0.2) is 62.1 Å². The van der Waals surface area contributed by atoms with Gasteiger partial charge in [0.2, 0.25) is 21.8 Å². The van der Waals surface area contributed by atoms with Crippen molar-refractivity contribution in [1.82, 2.24) is 9.62 Å². The van der Waals surface area contributed by atoms with Crippen LogP contribution in [0.15, 0.2) is 24.3 Å². The zero-order valence-electron chi connectivity index (χ0n) is 19.3. The number of sulfonamides is 1. The smallest absolute Gasteiger partial charge is 0.247 e. The van der Waals surface area contributed by atoms with Crippen LogP contribution in [0.25, 0.3) is 0 Å². The van der Waals surface area contributed by atoms with Crippen molar-refractivity contribution in [2.24, 2.45) is 0 Å². The fourth-order valence-electron chi connectivity index (χ4n) is 4.70. The second-order valence-corrected chi connectivity index (χ2v) is 11.0. The van der Waals surface area contributed by atoms with Gasteiger partial charge in [0.25, 0.3) is 0 Å². The van der Waals surface area contributed by atoms with E-state index >= 15 is 0 Å². The summed E-state index contributed by atoms with van der Waals surface area (Å²) < 4.78 is 32.3. The molecule has 1 aliphatic carbocycles. The molecular weight excluding hydrogens is 430 g/mol. The zero-order chi connectivity index (χ0) is 23.4. The highest BCUT2D eigenvalue weighted by Gasteiger charge is 2.51. The Morgan fingerprint density at radius 2 is 1.84 bits per heavy atom. The molecule has 0 aromatic heterocycles. The summed E-state index contributed by atoms with van der Waals surface area (Å²) in [6, 6.07) is 7.04. The molecule has 0 bridgehead atoms. The van der Waals surface area contributed by atoms with Crippen LogP contribution in [-0.2, 0) is 19.6 Å². The monoisotopic (exact) mass is 465 g/mol. The summed E-state index contributed by atoms with van der Waals surface area (Å²) in [6.07, 6.45) is 6.62. The van der Waals surface area contributed by atoms with Crippen LogP contribution in [0, 0.1) is 0 Å². The second kappa shape index (κ2) is 10.2. The highest BCUT2D eigenvalue weighted by Crippen LogP contribution is 2.37. The molecule has 1 aromatic carbocycles. The van der Waals surface area contributed by atoms with Gasteiger partial charge in [-0.25, -0.2) is 8.42 Å². The number of carbonyl (C=O) groups excluding carboxylic acids is 2. The van der Waals surface area contributed by atoms with Gasteiger partial charge in [0.05, 0.1) is 25.1 Å². The average molecular weight is 466 g/mol. The molecule has 8 nitrogen and oxygen atoms in total. The first-order valence-corrected chi connectivity index (χ1v) is 13.1. The molecule has 2 fully saturated rings. The van der Waals surface area contributed by atoms with E-state index in [4.69, 9.17) is 4.74 Å². The van der Waals surface area contributed by atoms with Gasteiger partial charge in [-0.15, -0.1) is 0 Å². The van der Waals surface area contributed by atoms with E-state index in [-0.39, 0.29) is 30.8 Å². The molecule has 0 unspecified atom stereocenters. The van der Waals surface area contributed by atoms with Gasteiger partial charge in [0.1, 0.15) is 11.3 Å². The summed E-state index contributed by atoms with van der Waals surface area (Å²) in [7, 11) is -2.15. The van der Waals surface area contributed by atoms with E-state index in [1.807, 2.05) is 0 Å². The normalized spacial score (nSPS) is 23.6. The SMILES string of the molecule is CCCS(=O)(=O)N1CC(=O)N(c2ccccc2OC)[C@](C)(C(=O)NC2CCCCCC2)C1. The van der Waals surface area contributed by atoms with Gasteiger partial charge >= 0.3 is 0 Å². The molecule has 1 atom stereocenters. The molecule has 1 aliphatic heterocycles. The minimum Gasteiger partial charge on any atom is -0.495 e. The van der Waals surface area contributed by atoms with E-state index in [0.29, 0.717) is 17.9 Å². The second-order valence-electron chi connectivity index (χ2n) is 8.92. The zero-order valence-corrected chi connectivity index (χ0v) is 20.1. The summed E-state index contributed by atoms with van der Waals surface area (Å²) in [5.41, 5.74) is -0.942. The molecular formula is C23H35N3O5S. The highest BCUT2D eigenvalue weighted by atomic mass is 32.2. The number of hydrogen-bond acceptors (Lipinski definition) is 5. The third-order valence-corrected chi connectivity index (χ3v) is 8.37. The van der Waals surface area contributed by atoms with Gasteiger partial charge in [-0.05, 0) is 38.3 Å². The van der Waals surface area contributed by atoms with E-state index in [0.717, 1.165) is 42.8 Å². The number of anilines is 1. The van der Waals surface area contributed by atoms with Gasteiger partial charge in [-0.1, -0.05) is 44.7 Å². The van der Waals surface area contributed by atoms with Gasteiger partial charge < -0.3 is 10.1 Å². The minimum absolute atomic E-state index is 0.0269. The van der Waals surface area contributed by atoms with Crippen LogP contribution >= 0.6 is 0 Å². The third-order valence-electron chi connectivity index (χ3n) is 6.40. The number of carbonyl (C=O) groups is 2. The van der Waals surface area contributed by atoms with Crippen LogP contribution in [0.1, 0.15) is 58.8 Å². The maximum absolute atomic E-state index is 13.7. The highest BCUT2D eigenvalue weighted by molar-refractivity contribution is 7.89. The fraction of sp³-hybridized carbons (Fsp3) is 0.652. The van der Waals surface area contributed by atoms with E-state index in [1.165, 1.54) is 12.0 Å². The van der Waals surface area contributed by atoms with Crippen LogP contribution in [0.2, 0.25) is 0 Å². The Labute approximate surface area is 191 Å². The third kappa shape index (κ3) is 5.09. The molecule has 0 radical (unpaired) electrons. The maximum Gasteiger partial charge on any atom is 0.247 e. The van der Waals surface area contributed by atoms with Crippen molar-refractivity contribution in [1.29, 1.82) is 0 Å². The topological polar surface area (TPSA) is 96.0 Å².